The molecule has 0 saturated heterocycles. The lowest BCUT2D eigenvalue weighted by Gasteiger charge is -2.20. The van der Waals surface area contributed by atoms with Crippen molar-refractivity contribution in [1.29, 1.82) is 0 Å². The van der Waals surface area contributed by atoms with E-state index < -0.39 is 46.1 Å². The third-order valence-corrected chi connectivity index (χ3v) is 3.28. The molecule has 1 N–H and O–H groups in total. The molecular formula is C14H12F3NO3. The van der Waals surface area contributed by atoms with Crippen molar-refractivity contribution in [1.82, 2.24) is 4.57 Å². The van der Waals surface area contributed by atoms with Crippen LogP contribution >= 0.6 is 0 Å². The Balaban J connectivity index is 3.23. The first kappa shape index (κ1) is 15.1. The van der Waals surface area contributed by atoms with Gasteiger partial charge in [0.1, 0.15) is 5.69 Å². The Morgan fingerprint density at radius 1 is 1.24 bits per heavy atom. The van der Waals surface area contributed by atoms with E-state index in [0.717, 1.165) is 4.57 Å². The maximum atomic E-state index is 14.1. The molecule has 21 heavy (non-hydrogen) atoms. The van der Waals surface area contributed by atoms with Gasteiger partial charge in [-0.1, -0.05) is 0 Å². The molecule has 2 aromatic rings. The van der Waals surface area contributed by atoms with Crippen LogP contribution in [-0.4, -0.2) is 15.6 Å². The molecule has 2 rings (SSSR count). The number of carboxylic acid groups (broad SMARTS) is 1. The molecule has 0 amide bonds. The fraction of sp³-hybridized carbons (Fsp3) is 0.286. The molecule has 1 heterocycles. The summed E-state index contributed by atoms with van der Waals surface area (Å²) in [6.45, 7) is 4.36. The number of carboxylic acids is 1. The Morgan fingerprint density at radius 2 is 1.81 bits per heavy atom. The molecule has 0 radical (unpaired) electrons. The van der Waals surface area contributed by atoms with Crippen molar-refractivity contribution in [2.75, 3.05) is 0 Å². The van der Waals surface area contributed by atoms with E-state index in [0.29, 0.717) is 6.07 Å². The number of nitrogens with zero attached hydrogens (tertiary/aromatic N) is 1. The van der Waals surface area contributed by atoms with Crippen LogP contribution in [0.3, 0.4) is 0 Å². The molecule has 1 aromatic carbocycles. The Hall–Kier alpha value is -2.31. The molecule has 0 spiro atoms. The van der Waals surface area contributed by atoms with E-state index in [1.807, 2.05) is 0 Å². The van der Waals surface area contributed by atoms with E-state index in [1.54, 1.807) is 13.8 Å². The number of benzene rings is 1. The largest absolute Gasteiger partial charge is 0.477 e. The third-order valence-electron chi connectivity index (χ3n) is 3.28. The maximum Gasteiger partial charge on any atom is 0.352 e. The van der Waals surface area contributed by atoms with Gasteiger partial charge in [-0.3, -0.25) is 4.79 Å². The SMILES string of the molecule is Cc1c(C(=O)O)n(C(C)C)c2c(F)c(F)c(F)cc2c1=O. The van der Waals surface area contributed by atoms with Crippen molar-refractivity contribution >= 4 is 16.9 Å². The van der Waals surface area contributed by atoms with Crippen molar-refractivity contribution < 1.29 is 23.1 Å². The fourth-order valence-corrected chi connectivity index (χ4v) is 2.38. The Labute approximate surface area is 117 Å². The molecule has 4 nitrogen and oxygen atoms in total. The van der Waals surface area contributed by atoms with Gasteiger partial charge in [-0.25, -0.2) is 18.0 Å². The molecule has 0 unspecified atom stereocenters. The zero-order chi connectivity index (χ0) is 16.1. The Bertz CT molecular complexity index is 825. The highest BCUT2D eigenvalue weighted by molar-refractivity contribution is 5.92. The molecule has 0 fully saturated rings. The lowest BCUT2D eigenvalue weighted by Crippen LogP contribution is -2.24. The summed E-state index contributed by atoms with van der Waals surface area (Å²) in [6, 6.07) is 0.0189. The number of halogens is 3. The van der Waals surface area contributed by atoms with Gasteiger partial charge in [0.05, 0.1) is 10.9 Å². The summed E-state index contributed by atoms with van der Waals surface area (Å²) in [5.41, 5.74) is -1.98. The average molecular weight is 299 g/mol. The summed E-state index contributed by atoms with van der Waals surface area (Å²) in [5.74, 6) is -6.24. The average Bonchev–Trinajstić information content (AvgIpc) is 2.39. The van der Waals surface area contributed by atoms with Gasteiger partial charge in [0.2, 0.25) is 0 Å². The monoisotopic (exact) mass is 299 g/mol. The molecule has 112 valence electrons. The summed E-state index contributed by atoms with van der Waals surface area (Å²) >= 11 is 0. The van der Waals surface area contributed by atoms with Crippen molar-refractivity contribution in [2.45, 2.75) is 26.8 Å². The summed E-state index contributed by atoms with van der Waals surface area (Å²) < 4.78 is 41.8. The predicted octanol–water partition coefficient (Wildman–Crippen LogP) is 3.01. The minimum Gasteiger partial charge on any atom is -0.477 e. The van der Waals surface area contributed by atoms with Crippen LogP contribution in [0.4, 0.5) is 13.2 Å². The number of pyridine rings is 1. The molecule has 0 aliphatic rings. The first-order valence-electron chi connectivity index (χ1n) is 6.14. The van der Waals surface area contributed by atoms with E-state index in [-0.39, 0.29) is 10.9 Å². The molecule has 0 bridgehead atoms. The Kier molecular flexibility index (Phi) is 3.52. The second-order valence-electron chi connectivity index (χ2n) is 4.95. The lowest BCUT2D eigenvalue weighted by molar-refractivity contribution is 0.0682. The molecule has 0 aliphatic carbocycles. The predicted molar refractivity (Wildman–Crippen MR) is 70.2 cm³/mol. The maximum absolute atomic E-state index is 14.1. The molecule has 7 heteroatoms. The van der Waals surface area contributed by atoms with E-state index in [1.165, 1.54) is 6.92 Å². The van der Waals surface area contributed by atoms with Crippen molar-refractivity contribution in [3.05, 3.63) is 45.0 Å². The van der Waals surface area contributed by atoms with Crippen LogP contribution in [0.25, 0.3) is 10.9 Å². The van der Waals surface area contributed by atoms with Crippen LogP contribution in [-0.2, 0) is 0 Å². The van der Waals surface area contributed by atoms with Gasteiger partial charge in [0.15, 0.2) is 22.9 Å². The van der Waals surface area contributed by atoms with Gasteiger partial charge in [0, 0.05) is 11.6 Å². The van der Waals surface area contributed by atoms with Crippen LogP contribution in [0.5, 0.6) is 0 Å². The van der Waals surface area contributed by atoms with E-state index in [4.69, 9.17) is 0 Å². The number of carbonyl (C=O) groups is 1. The van der Waals surface area contributed by atoms with Crippen molar-refractivity contribution in [3.63, 3.8) is 0 Å². The minimum atomic E-state index is -1.74. The zero-order valence-electron chi connectivity index (χ0n) is 11.5. The lowest BCUT2D eigenvalue weighted by atomic mass is 10.1. The first-order chi connectivity index (χ1) is 9.68. The number of fused-ring (bicyclic) bond motifs is 1. The van der Waals surface area contributed by atoms with Gasteiger partial charge < -0.3 is 9.67 Å². The molecular weight excluding hydrogens is 287 g/mol. The fourth-order valence-electron chi connectivity index (χ4n) is 2.38. The van der Waals surface area contributed by atoms with Gasteiger partial charge in [-0.15, -0.1) is 0 Å². The van der Waals surface area contributed by atoms with Crippen LogP contribution in [0.2, 0.25) is 0 Å². The summed E-state index contributed by atoms with van der Waals surface area (Å²) in [6.07, 6.45) is 0. The van der Waals surface area contributed by atoms with Crippen LogP contribution in [0, 0.1) is 24.4 Å². The normalized spacial score (nSPS) is 11.4. The number of aromatic carboxylic acids is 1. The molecule has 0 saturated carbocycles. The van der Waals surface area contributed by atoms with Crippen molar-refractivity contribution in [3.8, 4) is 0 Å². The van der Waals surface area contributed by atoms with Gasteiger partial charge >= 0.3 is 5.97 Å². The molecule has 0 atom stereocenters. The number of rotatable bonds is 2. The van der Waals surface area contributed by atoms with Crippen molar-refractivity contribution in [2.24, 2.45) is 0 Å². The quantitative estimate of drug-likeness (QED) is 0.867. The summed E-state index contributed by atoms with van der Waals surface area (Å²) in [5, 5.41) is 8.86. The highest BCUT2D eigenvalue weighted by atomic mass is 19.2. The van der Waals surface area contributed by atoms with Gasteiger partial charge in [0.25, 0.3) is 0 Å². The number of hydrogen-bond acceptors (Lipinski definition) is 2. The zero-order valence-corrected chi connectivity index (χ0v) is 11.5. The van der Waals surface area contributed by atoms with Crippen LogP contribution in [0.1, 0.15) is 35.9 Å². The van der Waals surface area contributed by atoms with Crippen LogP contribution in [0.15, 0.2) is 10.9 Å². The first-order valence-corrected chi connectivity index (χ1v) is 6.14. The topological polar surface area (TPSA) is 59.3 Å². The number of hydrogen-bond donors (Lipinski definition) is 1. The third kappa shape index (κ3) is 2.09. The van der Waals surface area contributed by atoms with Gasteiger partial charge in [-0.05, 0) is 26.8 Å². The number of aromatic nitrogens is 1. The van der Waals surface area contributed by atoms with E-state index in [9.17, 15) is 27.9 Å². The van der Waals surface area contributed by atoms with E-state index in [2.05, 4.69) is 0 Å². The molecule has 1 aromatic heterocycles. The smallest absolute Gasteiger partial charge is 0.352 e. The second kappa shape index (κ2) is 4.91. The van der Waals surface area contributed by atoms with E-state index >= 15 is 0 Å². The van der Waals surface area contributed by atoms with Crippen LogP contribution < -0.4 is 5.43 Å². The Morgan fingerprint density at radius 3 is 2.29 bits per heavy atom. The highest BCUT2D eigenvalue weighted by Crippen LogP contribution is 2.26. The molecule has 0 aliphatic heterocycles. The standard InChI is InChI=1S/C14H12F3NO3/c1-5(2)18-11(14(20)21)6(3)13(19)7-4-8(15)9(16)10(17)12(7)18/h4-5H,1-3H3,(H,20,21). The summed E-state index contributed by atoms with van der Waals surface area (Å²) in [7, 11) is 0. The minimum absolute atomic E-state index is 0.158. The second-order valence-corrected chi connectivity index (χ2v) is 4.95. The highest BCUT2D eigenvalue weighted by Gasteiger charge is 2.26. The summed E-state index contributed by atoms with van der Waals surface area (Å²) in [4.78, 5) is 23.5. The van der Waals surface area contributed by atoms with Gasteiger partial charge in [-0.2, -0.15) is 0 Å².